The van der Waals surface area contributed by atoms with Crippen LogP contribution in [0.3, 0.4) is 0 Å². The van der Waals surface area contributed by atoms with Crippen LogP contribution in [0.5, 0.6) is 11.5 Å². The second kappa shape index (κ2) is 9.99. The van der Waals surface area contributed by atoms with Gasteiger partial charge < -0.3 is 14.8 Å². The summed E-state index contributed by atoms with van der Waals surface area (Å²) in [5, 5.41) is 3.46. The Kier molecular flexibility index (Phi) is 7.63. The second-order valence-electron chi connectivity index (χ2n) is 6.02. The predicted molar refractivity (Wildman–Crippen MR) is 99.7 cm³/mol. The number of hydrogen-bond donors (Lipinski definition) is 1. The van der Waals surface area contributed by atoms with Crippen molar-refractivity contribution in [3.05, 3.63) is 59.2 Å². The van der Waals surface area contributed by atoms with Gasteiger partial charge in [-0.3, -0.25) is 0 Å². The van der Waals surface area contributed by atoms with Gasteiger partial charge in [0.25, 0.3) is 0 Å². The molecule has 0 heterocycles. The summed E-state index contributed by atoms with van der Waals surface area (Å²) in [6.45, 7) is 9.38. The van der Waals surface area contributed by atoms with E-state index in [0.717, 1.165) is 30.2 Å². The minimum Gasteiger partial charge on any atom is -0.490 e. The normalized spacial score (nSPS) is 10.6. The van der Waals surface area contributed by atoms with Gasteiger partial charge in [-0.15, -0.1) is 0 Å². The predicted octanol–water partition coefficient (Wildman–Crippen LogP) is 4.86. The highest BCUT2D eigenvalue weighted by Crippen LogP contribution is 2.29. The van der Waals surface area contributed by atoms with E-state index in [-0.39, 0.29) is 0 Å². The van der Waals surface area contributed by atoms with Gasteiger partial charge in [-0.1, -0.05) is 49.2 Å². The van der Waals surface area contributed by atoms with Gasteiger partial charge in [0.2, 0.25) is 0 Å². The van der Waals surface area contributed by atoms with Crippen molar-refractivity contribution in [3.63, 3.8) is 0 Å². The number of rotatable bonds is 10. The first-order valence-corrected chi connectivity index (χ1v) is 8.87. The van der Waals surface area contributed by atoms with Crippen LogP contribution in [0, 0.1) is 6.92 Å². The first-order chi connectivity index (χ1) is 11.7. The van der Waals surface area contributed by atoms with E-state index < -0.39 is 0 Å². The number of nitrogens with one attached hydrogen (secondary N) is 1. The number of ether oxygens (including phenoxy) is 2. The molecule has 0 aliphatic carbocycles. The van der Waals surface area contributed by atoms with Gasteiger partial charge in [-0.25, -0.2) is 0 Å². The Bertz CT molecular complexity index is 608. The van der Waals surface area contributed by atoms with Crippen LogP contribution in [0.1, 0.15) is 43.4 Å². The van der Waals surface area contributed by atoms with Crippen molar-refractivity contribution in [2.75, 3.05) is 13.2 Å². The lowest BCUT2D eigenvalue weighted by molar-refractivity contribution is 0.269. The Morgan fingerprint density at radius 3 is 2.33 bits per heavy atom. The Balaban J connectivity index is 1.98. The molecule has 2 aromatic rings. The monoisotopic (exact) mass is 327 g/mol. The topological polar surface area (TPSA) is 30.5 Å². The van der Waals surface area contributed by atoms with Gasteiger partial charge in [0, 0.05) is 6.54 Å². The van der Waals surface area contributed by atoms with Crippen molar-refractivity contribution in [1.82, 2.24) is 5.32 Å². The first-order valence-electron chi connectivity index (χ1n) is 8.87. The summed E-state index contributed by atoms with van der Waals surface area (Å²) < 4.78 is 11.7. The lowest BCUT2D eigenvalue weighted by atomic mass is 10.1. The number of unbranched alkanes of at least 4 members (excludes halogenated alkanes) is 1. The smallest absolute Gasteiger partial charge is 0.161 e. The zero-order chi connectivity index (χ0) is 17.2. The van der Waals surface area contributed by atoms with Crippen LogP contribution in [-0.4, -0.2) is 13.2 Å². The van der Waals surface area contributed by atoms with Crippen LogP contribution >= 0.6 is 0 Å². The first kappa shape index (κ1) is 18.3. The van der Waals surface area contributed by atoms with Crippen LogP contribution in [0.2, 0.25) is 0 Å². The molecule has 0 amide bonds. The molecule has 0 spiro atoms. The average Bonchev–Trinajstić information content (AvgIpc) is 2.60. The number of benzene rings is 2. The van der Waals surface area contributed by atoms with Crippen LogP contribution in [-0.2, 0) is 13.2 Å². The number of aryl methyl sites for hydroxylation is 1. The van der Waals surface area contributed by atoms with E-state index in [1.54, 1.807) is 0 Å². The highest BCUT2D eigenvalue weighted by Gasteiger charge is 2.07. The molecule has 1 N–H and O–H groups in total. The highest BCUT2D eigenvalue weighted by molar-refractivity contribution is 5.43. The van der Waals surface area contributed by atoms with E-state index in [9.17, 15) is 0 Å². The van der Waals surface area contributed by atoms with Crippen LogP contribution in [0.4, 0.5) is 0 Å². The largest absolute Gasteiger partial charge is 0.490 e. The zero-order valence-corrected chi connectivity index (χ0v) is 15.1. The average molecular weight is 327 g/mol. The van der Waals surface area contributed by atoms with E-state index >= 15 is 0 Å². The fraction of sp³-hybridized carbons (Fsp3) is 0.429. The highest BCUT2D eigenvalue weighted by atomic mass is 16.5. The molecule has 2 rings (SSSR count). The lowest BCUT2D eigenvalue weighted by Gasteiger charge is -2.14. The molecule has 0 fully saturated rings. The number of hydrogen-bond acceptors (Lipinski definition) is 3. The van der Waals surface area contributed by atoms with Gasteiger partial charge >= 0.3 is 0 Å². The Morgan fingerprint density at radius 1 is 0.875 bits per heavy atom. The van der Waals surface area contributed by atoms with Gasteiger partial charge in [0.1, 0.15) is 6.61 Å². The van der Waals surface area contributed by atoms with E-state index in [1.165, 1.54) is 24.0 Å². The molecule has 0 radical (unpaired) electrons. The molecule has 0 unspecified atom stereocenters. The van der Waals surface area contributed by atoms with E-state index in [1.807, 2.05) is 13.0 Å². The molecule has 0 saturated heterocycles. The van der Waals surface area contributed by atoms with Gasteiger partial charge in [0.15, 0.2) is 11.5 Å². The fourth-order valence-corrected chi connectivity index (χ4v) is 2.43. The van der Waals surface area contributed by atoms with Gasteiger partial charge in [-0.2, -0.15) is 0 Å². The standard InChI is InChI=1S/C21H29NO2/c1-4-6-13-22-15-19-11-12-20(21(14-19)23-5-2)24-16-18-9-7-17(3)8-10-18/h7-12,14,22H,4-6,13,15-16H2,1-3H3. The molecule has 2 aromatic carbocycles. The molecule has 0 bridgehead atoms. The van der Waals surface area contributed by atoms with Gasteiger partial charge in [0.05, 0.1) is 6.61 Å². The summed E-state index contributed by atoms with van der Waals surface area (Å²) in [7, 11) is 0. The van der Waals surface area contributed by atoms with E-state index in [4.69, 9.17) is 9.47 Å². The van der Waals surface area contributed by atoms with Crippen molar-refractivity contribution in [2.45, 2.75) is 46.8 Å². The SMILES string of the molecule is CCCCNCc1ccc(OCc2ccc(C)cc2)c(OCC)c1. The minimum absolute atomic E-state index is 0.550. The third-order valence-electron chi connectivity index (χ3n) is 3.86. The third kappa shape index (κ3) is 5.89. The minimum atomic E-state index is 0.550. The maximum Gasteiger partial charge on any atom is 0.161 e. The molecule has 24 heavy (non-hydrogen) atoms. The summed E-state index contributed by atoms with van der Waals surface area (Å²) in [6.07, 6.45) is 2.42. The van der Waals surface area contributed by atoms with Crippen molar-refractivity contribution in [2.24, 2.45) is 0 Å². The van der Waals surface area contributed by atoms with E-state index in [2.05, 4.69) is 55.6 Å². The van der Waals surface area contributed by atoms with Crippen LogP contribution in [0.15, 0.2) is 42.5 Å². The Labute approximate surface area is 146 Å². The maximum atomic E-state index is 5.97. The molecule has 0 saturated carbocycles. The molecule has 0 aliphatic rings. The lowest BCUT2D eigenvalue weighted by Crippen LogP contribution is -2.14. The van der Waals surface area contributed by atoms with Crippen molar-refractivity contribution in [1.29, 1.82) is 0 Å². The summed E-state index contributed by atoms with van der Waals surface area (Å²) in [4.78, 5) is 0. The fourth-order valence-electron chi connectivity index (χ4n) is 2.43. The molecule has 130 valence electrons. The van der Waals surface area contributed by atoms with Crippen LogP contribution in [0.25, 0.3) is 0 Å². The van der Waals surface area contributed by atoms with Crippen molar-refractivity contribution >= 4 is 0 Å². The molecular formula is C21H29NO2. The Hall–Kier alpha value is -2.00. The molecule has 3 heteroatoms. The second-order valence-corrected chi connectivity index (χ2v) is 6.02. The molecule has 0 aromatic heterocycles. The molecule has 0 aliphatic heterocycles. The molecule has 0 atom stereocenters. The zero-order valence-electron chi connectivity index (χ0n) is 15.1. The van der Waals surface area contributed by atoms with E-state index in [0.29, 0.717) is 13.2 Å². The molecule has 3 nitrogen and oxygen atoms in total. The maximum absolute atomic E-state index is 5.97. The quantitative estimate of drug-likeness (QED) is 0.632. The molecular weight excluding hydrogens is 298 g/mol. The van der Waals surface area contributed by atoms with Crippen molar-refractivity contribution < 1.29 is 9.47 Å². The van der Waals surface area contributed by atoms with Gasteiger partial charge in [-0.05, 0) is 50.1 Å². The van der Waals surface area contributed by atoms with Crippen LogP contribution < -0.4 is 14.8 Å². The summed E-state index contributed by atoms with van der Waals surface area (Å²) >= 11 is 0. The third-order valence-corrected chi connectivity index (χ3v) is 3.86. The van der Waals surface area contributed by atoms with Crippen molar-refractivity contribution in [3.8, 4) is 11.5 Å². The Morgan fingerprint density at radius 2 is 1.62 bits per heavy atom. The summed E-state index contributed by atoms with van der Waals surface area (Å²) in [5.74, 6) is 1.62. The summed E-state index contributed by atoms with van der Waals surface area (Å²) in [5.41, 5.74) is 3.64. The summed E-state index contributed by atoms with van der Waals surface area (Å²) in [6, 6.07) is 14.6.